The number of aromatic nitrogens is 3. The molecule has 5 nitrogen and oxygen atoms in total. The second kappa shape index (κ2) is 5.44. The number of hydrogen-bond acceptors (Lipinski definition) is 5. The first-order valence-electron chi connectivity index (χ1n) is 6.24. The Hall–Kier alpha value is -2.82. The van der Waals surface area contributed by atoms with Gasteiger partial charge in [-0.05, 0) is 17.7 Å². The van der Waals surface area contributed by atoms with Gasteiger partial charge in [-0.25, -0.2) is 0 Å². The zero-order valence-corrected chi connectivity index (χ0v) is 10.8. The highest BCUT2D eigenvalue weighted by Crippen LogP contribution is 2.17. The number of nitrogens with two attached hydrogens (primary N) is 1. The highest BCUT2D eigenvalue weighted by atomic mass is 15.1. The Morgan fingerprint density at radius 3 is 2.75 bits per heavy atom. The Morgan fingerprint density at radius 1 is 1.05 bits per heavy atom. The Morgan fingerprint density at radius 2 is 1.95 bits per heavy atom. The summed E-state index contributed by atoms with van der Waals surface area (Å²) in [6, 6.07) is 9.97. The van der Waals surface area contributed by atoms with Gasteiger partial charge in [-0.3, -0.25) is 15.0 Å². The van der Waals surface area contributed by atoms with Crippen molar-refractivity contribution in [1.82, 2.24) is 15.0 Å². The average Bonchev–Trinajstić information content (AvgIpc) is 2.53. The molecule has 5 heteroatoms. The number of pyridine rings is 1. The van der Waals surface area contributed by atoms with E-state index < -0.39 is 0 Å². The maximum atomic E-state index is 5.50. The molecule has 3 rings (SSSR count). The van der Waals surface area contributed by atoms with Gasteiger partial charge in [0.25, 0.3) is 0 Å². The predicted molar refractivity (Wildman–Crippen MR) is 78.2 cm³/mol. The lowest BCUT2D eigenvalue weighted by atomic mass is 10.0. The SMILES string of the molecule is N/N=C(/Cc1ccnc2ccccc12)c1cnccn1. The molecule has 3 aromatic rings. The van der Waals surface area contributed by atoms with E-state index in [0.717, 1.165) is 16.5 Å². The lowest BCUT2D eigenvalue weighted by molar-refractivity contribution is 1.12. The van der Waals surface area contributed by atoms with Crippen molar-refractivity contribution in [3.8, 4) is 0 Å². The van der Waals surface area contributed by atoms with Gasteiger partial charge in [0.15, 0.2) is 0 Å². The van der Waals surface area contributed by atoms with Gasteiger partial charge in [0.1, 0.15) is 5.69 Å². The first-order valence-corrected chi connectivity index (χ1v) is 6.24. The topological polar surface area (TPSA) is 77.0 Å². The van der Waals surface area contributed by atoms with E-state index >= 15 is 0 Å². The number of para-hydroxylation sites is 1. The van der Waals surface area contributed by atoms with Crippen molar-refractivity contribution in [2.45, 2.75) is 6.42 Å². The van der Waals surface area contributed by atoms with Gasteiger partial charge in [0.2, 0.25) is 0 Å². The van der Waals surface area contributed by atoms with Crippen LogP contribution in [0.4, 0.5) is 0 Å². The van der Waals surface area contributed by atoms with Gasteiger partial charge in [-0.2, -0.15) is 5.10 Å². The molecule has 0 spiro atoms. The molecule has 98 valence electrons. The summed E-state index contributed by atoms with van der Waals surface area (Å²) in [5, 5.41) is 4.95. The molecule has 0 atom stereocenters. The molecule has 0 aliphatic heterocycles. The van der Waals surface area contributed by atoms with Gasteiger partial charge < -0.3 is 5.84 Å². The zero-order valence-electron chi connectivity index (χ0n) is 10.8. The fourth-order valence-electron chi connectivity index (χ4n) is 2.14. The molecule has 0 saturated heterocycles. The zero-order chi connectivity index (χ0) is 13.8. The minimum atomic E-state index is 0.595. The summed E-state index contributed by atoms with van der Waals surface area (Å²) in [5.74, 6) is 5.50. The minimum absolute atomic E-state index is 0.595. The summed E-state index contributed by atoms with van der Waals surface area (Å²) >= 11 is 0. The normalized spacial score (nSPS) is 11.7. The summed E-state index contributed by atoms with van der Waals surface area (Å²) in [6.45, 7) is 0. The molecular formula is C15H13N5. The van der Waals surface area contributed by atoms with Crippen molar-refractivity contribution in [2.75, 3.05) is 0 Å². The molecule has 0 saturated carbocycles. The Bertz CT molecular complexity index is 747. The van der Waals surface area contributed by atoms with Crippen LogP contribution in [0.1, 0.15) is 11.3 Å². The fourth-order valence-corrected chi connectivity index (χ4v) is 2.14. The third kappa shape index (κ3) is 2.33. The largest absolute Gasteiger partial charge is 0.323 e. The van der Waals surface area contributed by atoms with E-state index in [1.165, 1.54) is 0 Å². The molecule has 1 aromatic carbocycles. The van der Waals surface area contributed by atoms with Crippen LogP contribution in [0.5, 0.6) is 0 Å². The van der Waals surface area contributed by atoms with E-state index in [1.54, 1.807) is 24.8 Å². The van der Waals surface area contributed by atoms with E-state index in [-0.39, 0.29) is 0 Å². The molecule has 20 heavy (non-hydrogen) atoms. The number of benzene rings is 1. The minimum Gasteiger partial charge on any atom is -0.323 e. The van der Waals surface area contributed by atoms with Crippen molar-refractivity contribution in [3.05, 3.63) is 66.4 Å². The van der Waals surface area contributed by atoms with Crippen LogP contribution in [0.3, 0.4) is 0 Å². The summed E-state index contributed by atoms with van der Waals surface area (Å²) < 4.78 is 0. The number of fused-ring (bicyclic) bond motifs is 1. The summed E-state index contributed by atoms with van der Waals surface area (Å²) in [7, 11) is 0. The van der Waals surface area contributed by atoms with Crippen LogP contribution in [0.15, 0.2) is 60.2 Å². The van der Waals surface area contributed by atoms with Crippen LogP contribution < -0.4 is 5.84 Å². The van der Waals surface area contributed by atoms with Crippen LogP contribution in [-0.2, 0) is 6.42 Å². The van der Waals surface area contributed by atoms with Crippen molar-refractivity contribution in [2.24, 2.45) is 10.9 Å². The molecule has 0 aliphatic rings. The predicted octanol–water partition coefficient (Wildman–Crippen LogP) is 1.93. The molecule has 0 unspecified atom stereocenters. The molecule has 2 aromatic heterocycles. The van der Waals surface area contributed by atoms with Crippen LogP contribution in [0.25, 0.3) is 10.9 Å². The molecule has 0 radical (unpaired) electrons. The number of hydrazone groups is 1. The average molecular weight is 263 g/mol. The highest BCUT2D eigenvalue weighted by molar-refractivity contribution is 6.01. The van der Waals surface area contributed by atoms with Crippen molar-refractivity contribution < 1.29 is 0 Å². The molecule has 0 bridgehead atoms. The standard InChI is InChI=1S/C15H13N5/c16-20-14(15-10-17-7-8-19-15)9-11-5-6-18-13-4-2-1-3-12(11)13/h1-8,10H,9,16H2/b20-14-. The monoisotopic (exact) mass is 263 g/mol. The Kier molecular flexibility index (Phi) is 3.33. The van der Waals surface area contributed by atoms with Gasteiger partial charge >= 0.3 is 0 Å². The van der Waals surface area contributed by atoms with E-state index in [9.17, 15) is 0 Å². The van der Waals surface area contributed by atoms with Crippen LogP contribution in [0.2, 0.25) is 0 Å². The van der Waals surface area contributed by atoms with Crippen LogP contribution in [0, 0.1) is 0 Å². The third-order valence-electron chi connectivity index (χ3n) is 3.11. The molecule has 0 fully saturated rings. The number of nitrogens with zero attached hydrogens (tertiary/aromatic N) is 4. The molecule has 2 heterocycles. The van der Waals surface area contributed by atoms with Gasteiger partial charge in [-0.15, -0.1) is 0 Å². The first-order chi connectivity index (χ1) is 9.88. The number of hydrogen-bond donors (Lipinski definition) is 1. The third-order valence-corrected chi connectivity index (χ3v) is 3.11. The summed E-state index contributed by atoms with van der Waals surface area (Å²) in [4.78, 5) is 12.6. The first kappa shape index (κ1) is 12.2. The lowest BCUT2D eigenvalue weighted by Crippen LogP contribution is -2.11. The lowest BCUT2D eigenvalue weighted by Gasteiger charge is -2.07. The van der Waals surface area contributed by atoms with E-state index in [2.05, 4.69) is 20.1 Å². The second-order valence-electron chi connectivity index (χ2n) is 4.33. The second-order valence-corrected chi connectivity index (χ2v) is 4.33. The summed E-state index contributed by atoms with van der Waals surface area (Å²) in [5.41, 5.74) is 3.47. The number of rotatable bonds is 3. The van der Waals surface area contributed by atoms with Gasteiger partial charge in [0.05, 0.1) is 17.4 Å². The highest BCUT2D eigenvalue weighted by Gasteiger charge is 2.09. The maximum Gasteiger partial charge on any atom is 0.105 e. The van der Waals surface area contributed by atoms with E-state index in [4.69, 9.17) is 5.84 Å². The smallest absolute Gasteiger partial charge is 0.105 e. The molecule has 0 aliphatic carbocycles. The van der Waals surface area contributed by atoms with Crippen molar-refractivity contribution >= 4 is 16.6 Å². The molecule has 2 N–H and O–H groups in total. The maximum absolute atomic E-state index is 5.50. The van der Waals surface area contributed by atoms with Gasteiger partial charge in [-0.1, -0.05) is 18.2 Å². The molecule has 0 amide bonds. The Labute approximate surface area is 116 Å². The van der Waals surface area contributed by atoms with Crippen molar-refractivity contribution in [3.63, 3.8) is 0 Å². The molecular weight excluding hydrogens is 250 g/mol. The van der Waals surface area contributed by atoms with E-state index in [0.29, 0.717) is 17.8 Å². The van der Waals surface area contributed by atoms with Crippen LogP contribution in [-0.4, -0.2) is 20.7 Å². The summed E-state index contributed by atoms with van der Waals surface area (Å²) in [6.07, 6.45) is 7.31. The van der Waals surface area contributed by atoms with E-state index in [1.807, 2.05) is 30.3 Å². The Balaban J connectivity index is 2.01. The van der Waals surface area contributed by atoms with Gasteiger partial charge in [0, 0.05) is 30.4 Å². The quantitative estimate of drug-likeness (QED) is 0.445. The van der Waals surface area contributed by atoms with Crippen molar-refractivity contribution in [1.29, 1.82) is 0 Å². The fraction of sp³-hybridized carbons (Fsp3) is 0.0667. The van der Waals surface area contributed by atoms with Crippen LogP contribution >= 0.6 is 0 Å².